The first-order valence-electron chi connectivity index (χ1n) is 13.0. The number of hydrogen-bond donors (Lipinski definition) is 2. The molecule has 0 aromatic heterocycles. The van der Waals surface area contributed by atoms with Crippen molar-refractivity contribution >= 4 is 35.1 Å². The van der Waals surface area contributed by atoms with Gasteiger partial charge in [0, 0.05) is 30.4 Å². The van der Waals surface area contributed by atoms with Crippen molar-refractivity contribution in [2.75, 3.05) is 26.7 Å². The summed E-state index contributed by atoms with van der Waals surface area (Å²) in [6.07, 6.45) is 0.627. The monoisotopic (exact) mass is 530 g/mol. The van der Waals surface area contributed by atoms with Gasteiger partial charge >= 0.3 is 0 Å². The number of alkyl halides is 1. The number of carbonyl (C=O) groups excluding carboxylic acids is 3. The summed E-state index contributed by atoms with van der Waals surface area (Å²) in [5, 5.41) is 8.56. The number of fused-ring (bicyclic) bond motifs is 1. The van der Waals surface area contributed by atoms with E-state index >= 15 is 0 Å². The van der Waals surface area contributed by atoms with Crippen LogP contribution in [0.2, 0.25) is 0 Å². The zero-order chi connectivity index (χ0) is 26.3. The smallest absolute Gasteiger partial charge is 0.251 e. The fourth-order valence-corrected chi connectivity index (χ4v) is 6.98. The molecule has 6 atom stereocenters. The van der Waals surface area contributed by atoms with Crippen molar-refractivity contribution < 1.29 is 23.5 Å². The third kappa shape index (κ3) is 5.42. The van der Waals surface area contributed by atoms with Crippen LogP contribution in [-0.2, 0) is 14.3 Å². The van der Waals surface area contributed by atoms with Crippen LogP contribution in [0.25, 0.3) is 5.70 Å². The molecule has 4 heterocycles. The number of carbonyl (C=O) groups is 3. The van der Waals surface area contributed by atoms with Crippen molar-refractivity contribution in [3.8, 4) is 0 Å². The predicted molar refractivity (Wildman–Crippen MR) is 140 cm³/mol. The first-order valence-corrected chi connectivity index (χ1v) is 14.0. The van der Waals surface area contributed by atoms with Crippen LogP contribution in [0.3, 0.4) is 0 Å². The SMILES string of the molecule is CC(C)CC(NC(=O)c1ccc(C2=CSC(C3CC(F)CN3C)N2)cc1)C(=O)N1CCC2OCC(=O)C21. The van der Waals surface area contributed by atoms with Gasteiger partial charge < -0.3 is 20.3 Å². The quantitative estimate of drug-likeness (QED) is 0.560. The molecule has 2 N–H and O–H groups in total. The average molecular weight is 531 g/mol. The standard InChI is InChI=1S/C27H35FN4O4S/c1-15(2)10-19(27(35)32-9-8-23-24(32)22(33)13-36-23)29-25(34)17-6-4-16(5-7-17)20-14-37-26(30-20)21-11-18(28)12-31(21)3/h4-7,14-15,18-19,21,23-24,26,30H,8-13H2,1-3H3,(H,29,34). The van der Waals surface area contributed by atoms with Crippen LogP contribution in [0.5, 0.6) is 0 Å². The molecular formula is C27H35FN4O4S. The maximum absolute atomic E-state index is 13.8. The highest BCUT2D eigenvalue weighted by atomic mass is 32.2. The number of rotatable bonds is 7. The number of amides is 2. The van der Waals surface area contributed by atoms with Crippen LogP contribution >= 0.6 is 11.8 Å². The van der Waals surface area contributed by atoms with Crippen molar-refractivity contribution in [1.29, 1.82) is 0 Å². The number of ketones is 1. The first-order chi connectivity index (χ1) is 17.7. The summed E-state index contributed by atoms with van der Waals surface area (Å²) in [6, 6.07) is 6.15. The molecule has 1 aromatic rings. The summed E-state index contributed by atoms with van der Waals surface area (Å²) in [4.78, 5) is 42.5. The molecule has 0 spiro atoms. The summed E-state index contributed by atoms with van der Waals surface area (Å²) < 4.78 is 19.3. The molecule has 0 bridgehead atoms. The Kier molecular flexibility index (Phi) is 7.60. The molecule has 10 heteroatoms. The van der Waals surface area contributed by atoms with Crippen LogP contribution in [0.4, 0.5) is 4.39 Å². The Morgan fingerprint density at radius 1 is 1.27 bits per heavy atom. The molecule has 6 unspecified atom stereocenters. The molecule has 3 fully saturated rings. The number of likely N-dealkylation sites (tertiary alicyclic amines) is 2. The molecule has 2 amide bonds. The van der Waals surface area contributed by atoms with Gasteiger partial charge in [-0.05, 0) is 55.3 Å². The molecule has 3 saturated heterocycles. The zero-order valence-electron chi connectivity index (χ0n) is 21.5. The van der Waals surface area contributed by atoms with Crippen LogP contribution in [0, 0.1) is 5.92 Å². The molecule has 8 nitrogen and oxygen atoms in total. The summed E-state index contributed by atoms with van der Waals surface area (Å²) in [7, 11) is 1.96. The van der Waals surface area contributed by atoms with Gasteiger partial charge in [0.15, 0.2) is 5.78 Å². The maximum atomic E-state index is 13.8. The molecule has 1 aromatic carbocycles. The number of benzene rings is 1. The van der Waals surface area contributed by atoms with E-state index in [0.717, 1.165) is 11.3 Å². The molecule has 5 rings (SSSR count). The number of ether oxygens (including phenoxy) is 1. The van der Waals surface area contributed by atoms with Gasteiger partial charge in [-0.25, -0.2) is 4.39 Å². The van der Waals surface area contributed by atoms with Crippen LogP contribution in [0.1, 0.15) is 49.0 Å². The lowest BCUT2D eigenvalue weighted by Crippen LogP contribution is -2.52. The number of Topliss-reactive ketones (excluding diaryl/α,β-unsaturated/α-hetero) is 1. The summed E-state index contributed by atoms with van der Waals surface area (Å²) >= 11 is 1.66. The number of likely N-dealkylation sites (N-methyl/N-ethyl adjacent to an activating group) is 1. The molecule has 37 heavy (non-hydrogen) atoms. The van der Waals surface area contributed by atoms with E-state index in [1.54, 1.807) is 28.8 Å². The van der Waals surface area contributed by atoms with E-state index in [1.165, 1.54) is 0 Å². The molecule has 4 aliphatic heterocycles. The van der Waals surface area contributed by atoms with Crippen LogP contribution in [-0.4, -0.2) is 89.9 Å². The van der Waals surface area contributed by atoms with Gasteiger partial charge in [-0.1, -0.05) is 26.0 Å². The van der Waals surface area contributed by atoms with E-state index < -0.39 is 18.3 Å². The molecule has 0 radical (unpaired) electrons. The highest BCUT2D eigenvalue weighted by Crippen LogP contribution is 2.35. The third-order valence-corrected chi connectivity index (χ3v) is 8.79. The lowest BCUT2D eigenvalue weighted by molar-refractivity contribution is -0.138. The fourth-order valence-electron chi connectivity index (χ4n) is 5.80. The van der Waals surface area contributed by atoms with E-state index in [-0.39, 0.29) is 47.6 Å². The van der Waals surface area contributed by atoms with Crippen molar-refractivity contribution in [3.05, 3.63) is 40.8 Å². The second kappa shape index (κ2) is 10.7. The molecule has 0 aliphatic carbocycles. The molecule has 0 saturated carbocycles. The number of hydrogen-bond acceptors (Lipinski definition) is 7. The maximum Gasteiger partial charge on any atom is 0.251 e. The Morgan fingerprint density at radius 2 is 2.03 bits per heavy atom. The lowest BCUT2D eigenvalue weighted by atomic mass is 10.0. The van der Waals surface area contributed by atoms with E-state index in [2.05, 4.69) is 15.5 Å². The van der Waals surface area contributed by atoms with E-state index in [1.807, 2.05) is 38.4 Å². The van der Waals surface area contributed by atoms with Gasteiger partial charge in [0.1, 0.15) is 24.9 Å². The van der Waals surface area contributed by atoms with Crippen LogP contribution in [0.15, 0.2) is 29.7 Å². The predicted octanol–water partition coefficient (Wildman–Crippen LogP) is 2.40. The summed E-state index contributed by atoms with van der Waals surface area (Å²) in [6.45, 7) is 4.98. The average Bonchev–Trinajstić information content (AvgIpc) is 3.64. The third-order valence-electron chi connectivity index (χ3n) is 7.69. The Hall–Kier alpha value is -2.43. The highest BCUT2D eigenvalue weighted by molar-refractivity contribution is 8.03. The minimum absolute atomic E-state index is 0.0466. The highest BCUT2D eigenvalue weighted by Gasteiger charge is 2.48. The van der Waals surface area contributed by atoms with E-state index in [4.69, 9.17) is 4.74 Å². The van der Waals surface area contributed by atoms with Crippen molar-refractivity contribution in [3.63, 3.8) is 0 Å². The Morgan fingerprint density at radius 3 is 2.70 bits per heavy atom. The summed E-state index contributed by atoms with van der Waals surface area (Å²) in [5.74, 6) is -0.429. The Labute approximate surface area is 221 Å². The topological polar surface area (TPSA) is 91.0 Å². The lowest BCUT2D eigenvalue weighted by Gasteiger charge is -2.28. The molecular weight excluding hydrogens is 495 g/mol. The van der Waals surface area contributed by atoms with E-state index in [9.17, 15) is 18.8 Å². The molecule has 4 aliphatic rings. The molecule has 200 valence electrons. The number of thioether (sulfide) groups is 1. The fraction of sp³-hybridized carbons (Fsp3) is 0.593. The normalized spacial score (nSPS) is 30.4. The van der Waals surface area contributed by atoms with Gasteiger partial charge in [0.05, 0.1) is 11.5 Å². The van der Waals surface area contributed by atoms with Gasteiger partial charge in [-0.3, -0.25) is 19.3 Å². The van der Waals surface area contributed by atoms with Crippen LogP contribution < -0.4 is 10.6 Å². The zero-order valence-corrected chi connectivity index (χ0v) is 22.3. The Balaban J connectivity index is 1.22. The van der Waals surface area contributed by atoms with Gasteiger partial charge in [-0.15, -0.1) is 11.8 Å². The van der Waals surface area contributed by atoms with Gasteiger partial charge in [0.2, 0.25) is 5.91 Å². The van der Waals surface area contributed by atoms with E-state index in [0.29, 0.717) is 37.9 Å². The number of nitrogens with zero attached hydrogens (tertiary/aromatic N) is 2. The van der Waals surface area contributed by atoms with Gasteiger partial charge in [0.25, 0.3) is 5.91 Å². The van der Waals surface area contributed by atoms with Crippen molar-refractivity contribution in [2.24, 2.45) is 5.92 Å². The number of nitrogens with one attached hydrogen (secondary N) is 2. The minimum atomic E-state index is -0.787. The van der Waals surface area contributed by atoms with Crippen molar-refractivity contribution in [2.45, 2.75) is 68.9 Å². The van der Waals surface area contributed by atoms with Crippen molar-refractivity contribution in [1.82, 2.24) is 20.4 Å². The van der Waals surface area contributed by atoms with Gasteiger partial charge in [-0.2, -0.15) is 0 Å². The number of halogens is 1. The Bertz CT molecular complexity index is 1080. The minimum Gasteiger partial charge on any atom is -0.371 e. The second-order valence-electron chi connectivity index (χ2n) is 10.9. The largest absolute Gasteiger partial charge is 0.371 e. The first kappa shape index (κ1) is 26.2. The summed E-state index contributed by atoms with van der Waals surface area (Å²) in [5.41, 5.74) is 2.36. The second-order valence-corrected chi connectivity index (χ2v) is 11.9.